The lowest BCUT2D eigenvalue weighted by Crippen LogP contribution is -2.49. The monoisotopic (exact) mass is 354 g/mol. The van der Waals surface area contributed by atoms with Gasteiger partial charge in [-0.25, -0.2) is 0 Å². The fourth-order valence-electron chi connectivity index (χ4n) is 3.34. The van der Waals surface area contributed by atoms with Gasteiger partial charge in [-0.15, -0.1) is 0 Å². The van der Waals surface area contributed by atoms with E-state index in [0.717, 1.165) is 0 Å². The highest BCUT2D eigenvalue weighted by atomic mass is 16.4. The molecule has 3 N–H and O–H groups in total. The van der Waals surface area contributed by atoms with Gasteiger partial charge in [0.05, 0.1) is 12.0 Å². The van der Waals surface area contributed by atoms with Gasteiger partial charge in [0.15, 0.2) is 17.2 Å². The first kappa shape index (κ1) is 21.8. The zero-order valence-corrected chi connectivity index (χ0v) is 16.4. The van der Waals surface area contributed by atoms with Crippen LogP contribution >= 0.6 is 0 Å². The molecule has 1 aliphatic rings. The van der Waals surface area contributed by atoms with Crippen molar-refractivity contribution < 1.29 is 24.9 Å². The molecule has 0 spiro atoms. The van der Waals surface area contributed by atoms with Gasteiger partial charge in [-0.3, -0.25) is 9.59 Å². The average molecular weight is 354 g/mol. The Morgan fingerprint density at radius 1 is 1.04 bits per heavy atom. The second-order valence-corrected chi connectivity index (χ2v) is 8.44. The Morgan fingerprint density at radius 2 is 1.56 bits per heavy atom. The predicted molar refractivity (Wildman–Crippen MR) is 97.1 cm³/mol. The van der Waals surface area contributed by atoms with Crippen LogP contribution in [0.5, 0.6) is 0 Å². The number of hydrogen-bond donors (Lipinski definition) is 3. The zero-order valence-electron chi connectivity index (χ0n) is 16.4. The highest BCUT2D eigenvalue weighted by Gasteiger charge is 2.58. The van der Waals surface area contributed by atoms with Crippen LogP contribution in [0.4, 0.5) is 0 Å². The minimum absolute atomic E-state index is 0.257. The molecule has 25 heavy (non-hydrogen) atoms. The highest BCUT2D eigenvalue weighted by molar-refractivity contribution is 6.24. The maximum absolute atomic E-state index is 12.8. The minimum atomic E-state index is -2.07. The number of carbonyl (C=O) groups excluding carboxylic acids is 2. The predicted octanol–water partition coefficient (Wildman–Crippen LogP) is 3.19. The molecule has 0 bridgehead atoms. The number of Topliss-reactive ketones (excluding diaryl/α,β-unsaturated/α-hetero) is 2. The molecule has 0 saturated carbocycles. The molecule has 5 heteroatoms. The summed E-state index contributed by atoms with van der Waals surface area (Å²) >= 11 is 0. The van der Waals surface area contributed by atoms with Gasteiger partial charge < -0.3 is 15.3 Å². The second-order valence-electron chi connectivity index (χ2n) is 8.44. The maximum atomic E-state index is 12.8. The molecule has 0 amide bonds. The van der Waals surface area contributed by atoms with Crippen LogP contribution in [0.25, 0.3) is 0 Å². The number of aliphatic hydroxyl groups is 3. The average Bonchev–Trinajstić information content (AvgIpc) is 2.69. The SMILES string of the molecule is CC(C)CCC1C(=O)C(C(=O)C(C)C)=C(O)[C@]1(O)[C@H](O)CCC(C)C. The fraction of sp³-hybridized carbons (Fsp3) is 0.800. The van der Waals surface area contributed by atoms with Gasteiger partial charge in [-0.1, -0.05) is 48.0 Å². The van der Waals surface area contributed by atoms with Crippen molar-refractivity contribution in [3.63, 3.8) is 0 Å². The number of carbonyl (C=O) groups is 2. The van der Waals surface area contributed by atoms with Crippen molar-refractivity contribution in [1.29, 1.82) is 0 Å². The van der Waals surface area contributed by atoms with Gasteiger partial charge in [0.25, 0.3) is 0 Å². The van der Waals surface area contributed by atoms with E-state index in [1.807, 2.05) is 27.7 Å². The topological polar surface area (TPSA) is 94.8 Å². The summed E-state index contributed by atoms with van der Waals surface area (Å²) in [5.41, 5.74) is -2.39. The summed E-state index contributed by atoms with van der Waals surface area (Å²) in [7, 11) is 0. The van der Waals surface area contributed by atoms with Gasteiger partial charge in [0, 0.05) is 5.92 Å². The second kappa shape index (κ2) is 8.45. The first-order chi connectivity index (χ1) is 11.4. The van der Waals surface area contributed by atoms with E-state index in [-0.39, 0.29) is 12.0 Å². The van der Waals surface area contributed by atoms with Gasteiger partial charge in [0.2, 0.25) is 0 Å². The minimum Gasteiger partial charge on any atom is -0.508 e. The van der Waals surface area contributed by atoms with E-state index in [4.69, 9.17) is 0 Å². The third-order valence-corrected chi connectivity index (χ3v) is 5.04. The molecule has 0 radical (unpaired) electrons. The number of allylic oxidation sites excluding steroid dienone is 1. The number of ketones is 2. The van der Waals surface area contributed by atoms with E-state index in [1.54, 1.807) is 13.8 Å². The Balaban J connectivity index is 3.27. The summed E-state index contributed by atoms with van der Waals surface area (Å²) in [6.07, 6.45) is 0.604. The molecule has 3 atom stereocenters. The fourth-order valence-corrected chi connectivity index (χ4v) is 3.34. The summed E-state index contributed by atoms with van der Waals surface area (Å²) in [6, 6.07) is 0. The Kier molecular flexibility index (Phi) is 7.39. The van der Waals surface area contributed by atoms with Crippen molar-refractivity contribution in [3.05, 3.63) is 11.3 Å². The molecule has 1 rings (SSSR count). The van der Waals surface area contributed by atoms with Crippen molar-refractivity contribution in [1.82, 2.24) is 0 Å². The van der Waals surface area contributed by atoms with Crippen LogP contribution in [-0.2, 0) is 9.59 Å². The molecule has 0 fully saturated rings. The van der Waals surface area contributed by atoms with E-state index in [0.29, 0.717) is 31.1 Å². The van der Waals surface area contributed by atoms with E-state index in [9.17, 15) is 24.9 Å². The van der Waals surface area contributed by atoms with Crippen molar-refractivity contribution >= 4 is 11.6 Å². The molecule has 1 unspecified atom stereocenters. The Labute approximate surface area is 151 Å². The number of rotatable bonds is 9. The molecule has 0 aliphatic heterocycles. The van der Waals surface area contributed by atoms with E-state index in [1.165, 1.54) is 0 Å². The standard InChI is InChI=1S/C20H34O5/c1-11(2)7-9-14-18(23)16(17(22)13(5)6)19(24)20(14,25)15(21)10-8-12(3)4/h11-15,21,24-25H,7-10H2,1-6H3/t14?,15-,20-/m1/s1. The lowest BCUT2D eigenvalue weighted by molar-refractivity contribution is -0.137. The summed E-state index contributed by atoms with van der Waals surface area (Å²) in [5.74, 6) is -2.49. The largest absolute Gasteiger partial charge is 0.508 e. The van der Waals surface area contributed by atoms with Crippen LogP contribution in [0.15, 0.2) is 11.3 Å². The molecule has 0 aromatic carbocycles. The van der Waals surface area contributed by atoms with Crippen molar-refractivity contribution in [2.45, 2.75) is 78.9 Å². The Bertz CT molecular complexity index is 532. The van der Waals surface area contributed by atoms with Crippen LogP contribution in [0, 0.1) is 23.7 Å². The lowest BCUT2D eigenvalue weighted by Gasteiger charge is -2.34. The first-order valence-corrected chi connectivity index (χ1v) is 9.37. The van der Waals surface area contributed by atoms with Gasteiger partial charge in [0.1, 0.15) is 11.3 Å². The van der Waals surface area contributed by atoms with Crippen LogP contribution in [-0.4, -0.2) is 38.6 Å². The van der Waals surface area contributed by atoms with E-state index < -0.39 is 40.9 Å². The molecular formula is C20H34O5. The molecule has 1 aliphatic carbocycles. The molecule has 0 saturated heterocycles. The lowest BCUT2D eigenvalue weighted by atomic mass is 9.78. The summed E-state index contributed by atoms with van der Waals surface area (Å²) in [5, 5.41) is 32.4. The molecule has 0 aromatic rings. The summed E-state index contributed by atoms with van der Waals surface area (Å²) in [4.78, 5) is 25.2. The molecule has 0 aromatic heterocycles. The Hall–Kier alpha value is -1.20. The van der Waals surface area contributed by atoms with E-state index >= 15 is 0 Å². The number of hydrogen-bond acceptors (Lipinski definition) is 5. The smallest absolute Gasteiger partial charge is 0.176 e. The van der Waals surface area contributed by atoms with Gasteiger partial charge in [-0.05, 0) is 31.1 Å². The van der Waals surface area contributed by atoms with Crippen LogP contribution in [0.2, 0.25) is 0 Å². The van der Waals surface area contributed by atoms with Gasteiger partial charge in [-0.2, -0.15) is 0 Å². The van der Waals surface area contributed by atoms with Crippen molar-refractivity contribution in [3.8, 4) is 0 Å². The molecule has 5 nitrogen and oxygen atoms in total. The molecule has 0 heterocycles. The van der Waals surface area contributed by atoms with E-state index in [2.05, 4.69) is 0 Å². The quantitative estimate of drug-likeness (QED) is 0.553. The van der Waals surface area contributed by atoms with Gasteiger partial charge >= 0.3 is 0 Å². The molecule has 144 valence electrons. The molecular weight excluding hydrogens is 320 g/mol. The van der Waals surface area contributed by atoms with Crippen molar-refractivity contribution in [2.75, 3.05) is 0 Å². The zero-order chi connectivity index (χ0) is 19.5. The summed E-state index contributed by atoms with van der Waals surface area (Å²) in [6.45, 7) is 11.3. The summed E-state index contributed by atoms with van der Waals surface area (Å²) < 4.78 is 0. The van der Waals surface area contributed by atoms with Crippen LogP contribution in [0.1, 0.15) is 67.2 Å². The van der Waals surface area contributed by atoms with Crippen molar-refractivity contribution in [2.24, 2.45) is 23.7 Å². The third-order valence-electron chi connectivity index (χ3n) is 5.04. The third kappa shape index (κ3) is 4.50. The highest BCUT2D eigenvalue weighted by Crippen LogP contribution is 2.44. The normalized spacial score (nSPS) is 25.6. The van der Waals surface area contributed by atoms with Crippen LogP contribution < -0.4 is 0 Å². The maximum Gasteiger partial charge on any atom is 0.176 e. The van der Waals surface area contributed by atoms with Crippen LogP contribution in [0.3, 0.4) is 0 Å². The first-order valence-electron chi connectivity index (χ1n) is 9.37. The Morgan fingerprint density at radius 3 is 2.00 bits per heavy atom. The number of aliphatic hydroxyl groups excluding tert-OH is 2.